The highest BCUT2D eigenvalue weighted by Gasteiger charge is 2.17. The first kappa shape index (κ1) is 18.6. The first-order chi connectivity index (χ1) is 13.2. The average Bonchev–Trinajstić information content (AvgIpc) is 3.04. The fourth-order valence-electron chi connectivity index (χ4n) is 2.59. The molecule has 2 heterocycles. The minimum absolute atomic E-state index is 0.297. The normalized spacial score (nSPS) is 10.6. The summed E-state index contributed by atoms with van der Waals surface area (Å²) in [6, 6.07) is 13.8. The molecular weight excluding hydrogens is 344 g/mol. The maximum atomic E-state index is 11.7. The lowest BCUT2D eigenvalue weighted by Crippen LogP contribution is -2.14. The van der Waals surface area contributed by atoms with E-state index in [2.05, 4.69) is 20.8 Å². The number of nitrogens with one attached hydrogen (secondary N) is 2. The molecule has 3 aromatic rings. The maximum Gasteiger partial charge on any atom is 0.411 e. The minimum Gasteiger partial charge on any atom is -0.450 e. The van der Waals surface area contributed by atoms with Gasteiger partial charge in [-0.05, 0) is 31.5 Å². The topological polar surface area (TPSA) is 89.3 Å². The molecule has 7 heteroatoms. The third kappa shape index (κ3) is 4.92. The van der Waals surface area contributed by atoms with Gasteiger partial charge in [-0.2, -0.15) is 0 Å². The molecule has 0 saturated carbocycles. The molecule has 140 valence electrons. The van der Waals surface area contributed by atoms with Gasteiger partial charge < -0.3 is 14.6 Å². The molecule has 0 spiro atoms. The van der Waals surface area contributed by atoms with E-state index in [9.17, 15) is 4.79 Å². The number of carbonyl (C=O) groups excluding carboxylic acids is 1. The second-order valence-corrected chi connectivity index (χ2v) is 5.94. The van der Waals surface area contributed by atoms with E-state index in [4.69, 9.17) is 9.26 Å². The Balaban J connectivity index is 1.64. The van der Waals surface area contributed by atoms with Gasteiger partial charge in [0.1, 0.15) is 11.4 Å². The molecule has 2 aromatic heterocycles. The highest BCUT2D eigenvalue weighted by Crippen LogP contribution is 2.31. The van der Waals surface area contributed by atoms with Crippen LogP contribution < -0.4 is 10.6 Å². The highest BCUT2D eigenvalue weighted by atomic mass is 16.5. The van der Waals surface area contributed by atoms with E-state index in [1.54, 1.807) is 20.0 Å². The van der Waals surface area contributed by atoms with Crippen molar-refractivity contribution in [3.63, 3.8) is 0 Å². The molecule has 0 aliphatic heterocycles. The number of aryl methyl sites for hydroxylation is 1. The van der Waals surface area contributed by atoms with Crippen LogP contribution in [0.5, 0.6) is 0 Å². The van der Waals surface area contributed by atoms with Crippen molar-refractivity contribution in [2.24, 2.45) is 0 Å². The molecule has 0 fully saturated rings. The molecule has 0 atom stereocenters. The van der Waals surface area contributed by atoms with Crippen LogP contribution in [0, 0.1) is 6.92 Å². The van der Waals surface area contributed by atoms with Crippen molar-refractivity contribution in [3.05, 3.63) is 65.6 Å². The van der Waals surface area contributed by atoms with E-state index in [1.807, 2.05) is 42.5 Å². The smallest absolute Gasteiger partial charge is 0.411 e. The number of benzene rings is 1. The highest BCUT2D eigenvalue weighted by molar-refractivity contribution is 5.90. The van der Waals surface area contributed by atoms with Crippen LogP contribution in [0.15, 0.2) is 53.2 Å². The predicted octanol–water partition coefficient (Wildman–Crippen LogP) is 3.90. The Morgan fingerprint density at radius 1 is 1.15 bits per heavy atom. The molecule has 2 N–H and O–H groups in total. The molecule has 0 saturated heterocycles. The number of hydrogen-bond donors (Lipinski definition) is 2. The molecule has 0 aliphatic rings. The quantitative estimate of drug-likeness (QED) is 0.659. The van der Waals surface area contributed by atoms with Crippen molar-refractivity contribution >= 4 is 11.8 Å². The van der Waals surface area contributed by atoms with E-state index >= 15 is 0 Å². The number of rotatable bonds is 7. The van der Waals surface area contributed by atoms with Gasteiger partial charge in [-0.1, -0.05) is 35.5 Å². The van der Waals surface area contributed by atoms with Crippen LogP contribution in [0.25, 0.3) is 11.3 Å². The lowest BCUT2D eigenvalue weighted by molar-refractivity contribution is 0.168. The molecule has 0 unspecified atom stereocenters. The number of aromatic nitrogens is 2. The maximum absolute atomic E-state index is 11.7. The van der Waals surface area contributed by atoms with Crippen LogP contribution in [0.1, 0.15) is 23.9 Å². The second-order valence-electron chi connectivity index (χ2n) is 5.94. The Bertz CT molecular complexity index is 876. The molecule has 27 heavy (non-hydrogen) atoms. The number of ether oxygens (including phenoxy) is 1. The lowest BCUT2D eigenvalue weighted by atomic mass is 10.1. The van der Waals surface area contributed by atoms with Gasteiger partial charge in [0.2, 0.25) is 0 Å². The minimum atomic E-state index is -0.527. The first-order valence-corrected chi connectivity index (χ1v) is 8.77. The molecule has 1 amide bonds. The Morgan fingerprint density at radius 3 is 2.67 bits per heavy atom. The number of hydrogen-bond acceptors (Lipinski definition) is 6. The Kier molecular flexibility index (Phi) is 6.17. The van der Waals surface area contributed by atoms with Gasteiger partial charge in [-0.25, -0.2) is 4.79 Å². The van der Waals surface area contributed by atoms with Gasteiger partial charge in [0.05, 0.1) is 12.3 Å². The first-order valence-electron chi connectivity index (χ1n) is 8.77. The number of nitrogens with zero attached hydrogens (tertiary/aromatic N) is 2. The van der Waals surface area contributed by atoms with Crippen LogP contribution >= 0.6 is 0 Å². The summed E-state index contributed by atoms with van der Waals surface area (Å²) in [5.41, 5.74) is 4.08. The van der Waals surface area contributed by atoms with E-state index < -0.39 is 6.09 Å². The van der Waals surface area contributed by atoms with E-state index in [-0.39, 0.29) is 0 Å². The summed E-state index contributed by atoms with van der Waals surface area (Å²) in [6.07, 6.45) is 1.26. The Morgan fingerprint density at radius 2 is 1.96 bits per heavy atom. The van der Waals surface area contributed by atoms with Gasteiger partial charge in [-0.3, -0.25) is 10.3 Å². The van der Waals surface area contributed by atoms with Crippen LogP contribution in [-0.4, -0.2) is 22.8 Å². The van der Waals surface area contributed by atoms with E-state index in [0.29, 0.717) is 30.3 Å². The van der Waals surface area contributed by atoms with Crippen molar-refractivity contribution in [2.75, 3.05) is 11.9 Å². The van der Waals surface area contributed by atoms with Crippen molar-refractivity contribution < 1.29 is 14.1 Å². The molecule has 7 nitrogen and oxygen atoms in total. The summed E-state index contributed by atoms with van der Waals surface area (Å²) in [7, 11) is 0. The summed E-state index contributed by atoms with van der Waals surface area (Å²) in [6.45, 7) is 5.25. The van der Waals surface area contributed by atoms with Gasteiger partial charge in [-0.15, -0.1) is 0 Å². The molecule has 1 aromatic carbocycles. The molecule has 0 radical (unpaired) electrons. The lowest BCUT2D eigenvalue weighted by Gasteiger charge is -2.07. The standard InChI is InChI=1S/C20H22N4O3/c1-3-26-20(25)23-18-14(2)24-27-19(18)16-9-7-15(8-10-16)12-21-13-17-6-4-5-11-22-17/h4-11,21H,3,12-13H2,1-2H3,(H,23,25). The summed E-state index contributed by atoms with van der Waals surface area (Å²) in [5.74, 6) is 0.508. The van der Waals surface area contributed by atoms with Gasteiger partial charge >= 0.3 is 6.09 Å². The van der Waals surface area contributed by atoms with Crippen LogP contribution in [0.3, 0.4) is 0 Å². The van der Waals surface area contributed by atoms with Gasteiger partial charge in [0.15, 0.2) is 5.76 Å². The zero-order valence-corrected chi connectivity index (χ0v) is 15.4. The summed E-state index contributed by atoms with van der Waals surface area (Å²) >= 11 is 0. The Labute approximate surface area is 157 Å². The zero-order chi connectivity index (χ0) is 19.1. The van der Waals surface area contributed by atoms with Crippen LogP contribution in [-0.2, 0) is 17.8 Å². The Hall–Kier alpha value is -3.19. The zero-order valence-electron chi connectivity index (χ0n) is 15.4. The number of carbonyl (C=O) groups is 1. The molecule has 0 aliphatic carbocycles. The fourth-order valence-corrected chi connectivity index (χ4v) is 2.59. The summed E-state index contributed by atoms with van der Waals surface area (Å²) in [4.78, 5) is 16.0. The van der Waals surface area contributed by atoms with Gasteiger partial charge in [0, 0.05) is 24.8 Å². The van der Waals surface area contributed by atoms with E-state index in [1.165, 1.54) is 0 Å². The van der Waals surface area contributed by atoms with Gasteiger partial charge in [0.25, 0.3) is 0 Å². The van der Waals surface area contributed by atoms with Crippen LogP contribution in [0.4, 0.5) is 10.5 Å². The number of pyridine rings is 1. The largest absolute Gasteiger partial charge is 0.450 e. The number of anilines is 1. The molecule has 0 bridgehead atoms. The van der Waals surface area contributed by atoms with Crippen LogP contribution in [0.2, 0.25) is 0 Å². The SMILES string of the molecule is CCOC(=O)Nc1c(C)noc1-c1ccc(CNCc2ccccn2)cc1. The summed E-state index contributed by atoms with van der Waals surface area (Å²) in [5, 5.41) is 10.00. The molecule has 3 rings (SSSR count). The average molecular weight is 366 g/mol. The monoisotopic (exact) mass is 366 g/mol. The van der Waals surface area contributed by atoms with E-state index in [0.717, 1.165) is 23.4 Å². The third-order valence-electron chi connectivity index (χ3n) is 3.94. The van der Waals surface area contributed by atoms with Crippen molar-refractivity contribution in [1.82, 2.24) is 15.5 Å². The van der Waals surface area contributed by atoms with Crippen molar-refractivity contribution in [1.29, 1.82) is 0 Å². The molecular formula is C20H22N4O3. The number of amides is 1. The fraction of sp³-hybridized carbons (Fsp3) is 0.250. The van der Waals surface area contributed by atoms with Crippen molar-refractivity contribution in [3.8, 4) is 11.3 Å². The third-order valence-corrected chi connectivity index (χ3v) is 3.94. The van der Waals surface area contributed by atoms with Crippen molar-refractivity contribution in [2.45, 2.75) is 26.9 Å². The summed E-state index contributed by atoms with van der Waals surface area (Å²) < 4.78 is 10.3. The predicted molar refractivity (Wildman–Crippen MR) is 102 cm³/mol. The second kappa shape index (κ2) is 8.95.